The first-order chi connectivity index (χ1) is 10.7. The normalized spacial score (nSPS) is 12.8. The van der Waals surface area contributed by atoms with Crippen LogP contribution in [-0.4, -0.2) is 17.4 Å². The SMILES string of the molecule is Cc1noc(C)c1NC(=O)N[C@@H](c1ccc(Cl)cc1)C(F)(F)F. The van der Waals surface area contributed by atoms with Crippen molar-refractivity contribution in [2.45, 2.75) is 26.1 Å². The number of nitrogens with zero attached hydrogens (tertiary/aromatic N) is 1. The maximum absolute atomic E-state index is 13.2. The van der Waals surface area contributed by atoms with Gasteiger partial charge in [0, 0.05) is 5.02 Å². The highest BCUT2D eigenvalue weighted by Crippen LogP contribution is 2.33. The molecule has 0 radical (unpaired) electrons. The van der Waals surface area contributed by atoms with E-state index in [9.17, 15) is 18.0 Å². The first kappa shape index (κ1) is 17.1. The van der Waals surface area contributed by atoms with Gasteiger partial charge in [0.2, 0.25) is 0 Å². The average molecular weight is 348 g/mol. The summed E-state index contributed by atoms with van der Waals surface area (Å²) in [6.45, 7) is 3.10. The maximum Gasteiger partial charge on any atom is 0.412 e. The van der Waals surface area contributed by atoms with Crippen LogP contribution in [0, 0.1) is 13.8 Å². The van der Waals surface area contributed by atoms with E-state index in [1.165, 1.54) is 31.2 Å². The quantitative estimate of drug-likeness (QED) is 0.866. The monoisotopic (exact) mass is 347 g/mol. The molecule has 1 atom stereocenters. The molecule has 0 saturated carbocycles. The standard InChI is InChI=1S/C14H13ClF3N3O2/c1-7-11(8(2)23-21-7)19-13(22)20-12(14(16,17)18)9-3-5-10(15)6-4-9/h3-6,12H,1-2H3,(H2,19,20,22)/t12-/m0/s1. The fourth-order valence-corrected chi connectivity index (χ4v) is 2.08. The second-order valence-corrected chi connectivity index (χ2v) is 5.26. The third-order valence-corrected chi connectivity index (χ3v) is 3.33. The van der Waals surface area contributed by atoms with E-state index >= 15 is 0 Å². The fraction of sp³-hybridized carbons (Fsp3) is 0.286. The van der Waals surface area contributed by atoms with E-state index in [1.807, 2.05) is 5.32 Å². The number of alkyl halides is 3. The minimum absolute atomic E-state index is 0.129. The Labute approximate surface area is 134 Å². The van der Waals surface area contributed by atoms with Gasteiger partial charge in [-0.15, -0.1) is 0 Å². The molecular formula is C14H13ClF3N3O2. The third-order valence-electron chi connectivity index (χ3n) is 3.08. The molecule has 0 unspecified atom stereocenters. The van der Waals surface area contributed by atoms with E-state index in [1.54, 1.807) is 6.92 Å². The lowest BCUT2D eigenvalue weighted by molar-refractivity contribution is -0.154. The van der Waals surface area contributed by atoms with Gasteiger partial charge in [0.25, 0.3) is 0 Å². The predicted molar refractivity (Wildman–Crippen MR) is 78.4 cm³/mol. The number of aromatic nitrogens is 1. The van der Waals surface area contributed by atoms with Crippen LogP contribution in [0.25, 0.3) is 0 Å². The third kappa shape index (κ3) is 4.16. The number of urea groups is 1. The van der Waals surface area contributed by atoms with Gasteiger partial charge in [-0.05, 0) is 31.5 Å². The first-order valence-corrected chi connectivity index (χ1v) is 6.89. The summed E-state index contributed by atoms with van der Waals surface area (Å²) in [5.41, 5.74) is 0.475. The van der Waals surface area contributed by atoms with Crippen molar-refractivity contribution in [2.24, 2.45) is 0 Å². The molecule has 1 heterocycles. The molecule has 1 aromatic heterocycles. The van der Waals surface area contributed by atoms with E-state index < -0.39 is 18.2 Å². The van der Waals surface area contributed by atoms with Gasteiger partial charge in [-0.1, -0.05) is 28.9 Å². The molecule has 0 aliphatic carbocycles. The topological polar surface area (TPSA) is 67.2 Å². The van der Waals surface area contributed by atoms with Gasteiger partial charge in [0.1, 0.15) is 11.4 Å². The molecule has 0 aliphatic heterocycles. The van der Waals surface area contributed by atoms with Gasteiger partial charge in [0.05, 0.1) is 0 Å². The Morgan fingerprint density at radius 3 is 2.35 bits per heavy atom. The number of aryl methyl sites for hydroxylation is 2. The number of benzene rings is 1. The van der Waals surface area contributed by atoms with E-state index in [0.29, 0.717) is 16.5 Å². The largest absolute Gasteiger partial charge is 0.412 e. The van der Waals surface area contributed by atoms with Gasteiger partial charge in [-0.3, -0.25) is 0 Å². The minimum atomic E-state index is -4.66. The Balaban J connectivity index is 2.18. The second-order valence-electron chi connectivity index (χ2n) is 4.82. The minimum Gasteiger partial charge on any atom is -0.359 e. The van der Waals surface area contributed by atoms with E-state index in [0.717, 1.165) is 0 Å². The fourth-order valence-electron chi connectivity index (χ4n) is 1.95. The summed E-state index contributed by atoms with van der Waals surface area (Å²) in [5.74, 6) is 0.299. The number of carbonyl (C=O) groups excluding carboxylic acids is 1. The highest BCUT2D eigenvalue weighted by atomic mass is 35.5. The number of nitrogens with one attached hydrogen (secondary N) is 2. The van der Waals surface area contributed by atoms with Crippen molar-refractivity contribution < 1.29 is 22.5 Å². The molecule has 2 N–H and O–H groups in total. The van der Waals surface area contributed by atoms with Crippen LogP contribution in [0.2, 0.25) is 5.02 Å². The lowest BCUT2D eigenvalue weighted by Gasteiger charge is -2.22. The highest BCUT2D eigenvalue weighted by Gasteiger charge is 2.42. The molecule has 5 nitrogen and oxygen atoms in total. The predicted octanol–water partition coefficient (Wildman–Crippen LogP) is 4.37. The molecular weight excluding hydrogens is 335 g/mol. The van der Waals surface area contributed by atoms with Crippen molar-refractivity contribution >= 4 is 23.3 Å². The van der Waals surface area contributed by atoms with Crippen LogP contribution in [0.3, 0.4) is 0 Å². The van der Waals surface area contributed by atoms with Crippen molar-refractivity contribution in [3.8, 4) is 0 Å². The average Bonchev–Trinajstić information content (AvgIpc) is 2.77. The van der Waals surface area contributed by atoms with E-state index in [-0.39, 0.29) is 11.3 Å². The van der Waals surface area contributed by atoms with Crippen molar-refractivity contribution in [3.05, 3.63) is 46.3 Å². The van der Waals surface area contributed by atoms with Crippen LogP contribution >= 0.6 is 11.6 Å². The van der Waals surface area contributed by atoms with Crippen LogP contribution in [-0.2, 0) is 0 Å². The van der Waals surface area contributed by atoms with Crippen molar-refractivity contribution in [1.29, 1.82) is 0 Å². The molecule has 2 rings (SSSR count). The molecule has 2 aromatic rings. The molecule has 0 bridgehead atoms. The molecule has 0 fully saturated rings. The van der Waals surface area contributed by atoms with Crippen molar-refractivity contribution in [1.82, 2.24) is 10.5 Å². The van der Waals surface area contributed by atoms with Crippen LogP contribution in [0.5, 0.6) is 0 Å². The molecule has 9 heteroatoms. The van der Waals surface area contributed by atoms with Crippen LogP contribution < -0.4 is 10.6 Å². The number of anilines is 1. The Hall–Kier alpha value is -2.22. The zero-order valence-corrected chi connectivity index (χ0v) is 12.9. The lowest BCUT2D eigenvalue weighted by Crippen LogP contribution is -2.40. The second kappa shape index (κ2) is 6.49. The highest BCUT2D eigenvalue weighted by molar-refractivity contribution is 6.30. The zero-order chi connectivity index (χ0) is 17.2. The Bertz CT molecular complexity index is 679. The van der Waals surface area contributed by atoms with E-state index in [4.69, 9.17) is 16.1 Å². The number of hydrogen-bond donors (Lipinski definition) is 2. The number of carbonyl (C=O) groups is 1. The molecule has 0 aliphatic rings. The van der Waals surface area contributed by atoms with Gasteiger partial charge >= 0.3 is 12.2 Å². The number of rotatable bonds is 3. The van der Waals surface area contributed by atoms with Crippen molar-refractivity contribution in [2.75, 3.05) is 5.32 Å². The van der Waals surface area contributed by atoms with Gasteiger partial charge in [-0.2, -0.15) is 13.2 Å². The number of amides is 2. The molecule has 2 amide bonds. The maximum atomic E-state index is 13.2. The van der Waals surface area contributed by atoms with Gasteiger partial charge in [0.15, 0.2) is 11.8 Å². The Kier molecular flexibility index (Phi) is 4.84. The van der Waals surface area contributed by atoms with E-state index in [2.05, 4.69) is 10.5 Å². The summed E-state index contributed by atoms with van der Waals surface area (Å²) >= 11 is 5.67. The molecule has 0 saturated heterocycles. The molecule has 1 aromatic carbocycles. The Morgan fingerprint density at radius 1 is 1.26 bits per heavy atom. The zero-order valence-electron chi connectivity index (χ0n) is 12.2. The molecule has 23 heavy (non-hydrogen) atoms. The lowest BCUT2D eigenvalue weighted by atomic mass is 10.1. The summed E-state index contributed by atoms with van der Waals surface area (Å²) in [6.07, 6.45) is -4.66. The summed E-state index contributed by atoms with van der Waals surface area (Å²) in [7, 11) is 0. The number of hydrogen-bond acceptors (Lipinski definition) is 3. The van der Waals surface area contributed by atoms with Crippen LogP contribution in [0.4, 0.5) is 23.7 Å². The Morgan fingerprint density at radius 2 is 1.87 bits per heavy atom. The van der Waals surface area contributed by atoms with Gasteiger partial charge < -0.3 is 15.2 Å². The first-order valence-electron chi connectivity index (χ1n) is 6.51. The summed E-state index contributed by atoms with van der Waals surface area (Å²) in [6, 6.07) is 1.87. The summed E-state index contributed by atoms with van der Waals surface area (Å²) < 4.78 is 44.4. The summed E-state index contributed by atoms with van der Waals surface area (Å²) in [5, 5.41) is 8.12. The van der Waals surface area contributed by atoms with Crippen molar-refractivity contribution in [3.63, 3.8) is 0 Å². The smallest absolute Gasteiger partial charge is 0.359 e. The number of halogens is 4. The van der Waals surface area contributed by atoms with Gasteiger partial charge in [-0.25, -0.2) is 4.79 Å². The van der Waals surface area contributed by atoms with Crippen LogP contribution in [0.1, 0.15) is 23.1 Å². The molecule has 0 spiro atoms. The van der Waals surface area contributed by atoms with Crippen LogP contribution in [0.15, 0.2) is 28.8 Å². The molecule has 124 valence electrons. The summed E-state index contributed by atoms with van der Waals surface area (Å²) in [4.78, 5) is 11.9.